The van der Waals surface area contributed by atoms with E-state index in [2.05, 4.69) is 6.92 Å². The van der Waals surface area contributed by atoms with Crippen molar-refractivity contribution in [1.82, 2.24) is 0 Å². The van der Waals surface area contributed by atoms with E-state index in [-0.39, 0.29) is 5.75 Å². The van der Waals surface area contributed by atoms with Crippen LogP contribution in [0.1, 0.15) is 0 Å². The van der Waals surface area contributed by atoms with Crippen molar-refractivity contribution in [3.8, 4) is 11.5 Å². The minimum atomic E-state index is -0.686. The van der Waals surface area contributed by atoms with E-state index in [1.165, 1.54) is 12.1 Å². The van der Waals surface area contributed by atoms with E-state index in [0.29, 0.717) is 5.75 Å². The number of alkyl halides is 1. The lowest BCUT2D eigenvalue weighted by Gasteiger charge is -2.05. The van der Waals surface area contributed by atoms with Gasteiger partial charge in [0, 0.05) is 0 Å². The van der Waals surface area contributed by atoms with Gasteiger partial charge in [-0.1, -0.05) is 0 Å². The van der Waals surface area contributed by atoms with Crippen molar-refractivity contribution in [3.63, 3.8) is 0 Å². The molecule has 0 aromatic heterocycles. The van der Waals surface area contributed by atoms with Crippen molar-refractivity contribution < 1.29 is 14.2 Å². The standard InChI is InChI=1S/C9H9FO2/c1-7(6-10)12-9-4-2-8(11)3-5-9/h2-5,7H,1,6H2/p+1. The molecule has 0 radical (unpaired) electrons. The van der Waals surface area contributed by atoms with Crippen LogP contribution in [0.25, 0.3) is 0 Å². The van der Waals surface area contributed by atoms with Gasteiger partial charge in [0.1, 0.15) is 18.4 Å². The SMILES string of the molecule is [CH2+]C(CF)Oc1ccc(O)cc1. The highest BCUT2D eigenvalue weighted by atomic mass is 19.1. The summed E-state index contributed by atoms with van der Waals surface area (Å²) in [6.07, 6.45) is -0.686. The van der Waals surface area contributed by atoms with Gasteiger partial charge in [-0.2, -0.15) is 0 Å². The fourth-order valence-electron chi connectivity index (χ4n) is 0.749. The van der Waals surface area contributed by atoms with Crippen molar-refractivity contribution in [2.24, 2.45) is 0 Å². The highest BCUT2D eigenvalue weighted by Gasteiger charge is 2.08. The third kappa shape index (κ3) is 2.34. The van der Waals surface area contributed by atoms with Crippen LogP contribution in [0.15, 0.2) is 24.3 Å². The van der Waals surface area contributed by atoms with Crippen LogP contribution in [0.5, 0.6) is 11.5 Å². The Morgan fingerprint density at radius 3 is 2.50 bits per heavy atom. The molecule has 2 nitrogen and oxygen atoms in total. The highest BCUT2D eigenvalue weighted by molar-refractivity contribution is 5.30. The Labute approximate surface area is 70.6 Å². The summed E-state index contributed by atoms with van der Waals surface area (Å²) in [6, 6.07) is 6.06. The molecule has 1 aromatic rings. The second-order valence-corrected chi connectivity index (χ2v) is 2.39. The molecular weight excluding hydrogens is 159 g/mol. The molecule has 0 bridgehead atoms. The fourth-order valence-corrected chi connectivity index (χ4v) is 0.749. The molecule has 12 heavy (non-hydrogen) atoms. The first-order chi connectivity index (χ1) is 5.72. The number of aromatic hydroxyl groups is 1. The topological polar surface area (TPSA) is 29.5 Å². The van der Waals surface area contributed by atoms with E-state index in [4.69, 9.17) is 9.84 Å². The quantitative estimate of drug-likeness (QED) is 0.700. The molecule has 0 aliphatic carbocycles. The Hall–Kier alpha value is -1.38. The van der Waals surface area contributed by atoms with E-state index in [1.807, 2.05) is 0 Å². The third-order valence-electron chi connectivity index (χ3n) is 1.31. The molecule has 1 rings (SSSR count). The summed E-state index contributed by atoms with van der Waals surface area (Å²) < 4.78 is 16.9. The van der Waals surface area contributed by atoms with Gasteiger partial charge in [0.05, 0.1) is 0 Å². The van der Waals surface area contributed by atoms with E-state index < -0.39 is 12.8 Å². The van der Waals surface area contributed by atoms with Crippen LogP contribution in [0.4, 0.5) is 4.39 Å². The molecule has 0 fully saturated rings. The zero-order valence-corrected chi connectivity index (χ0v) is 6.53. The normalized spacial score (nSPS) is 12.4. The molecule has 3 heteroatoms. The number of phenols is 1. The molecule has 0 saturated heterocycles. The maximum atomic E-state index is 11.9. The maximum absolute atomic E-state index is 11.9. The van der Waals surface area contributed by atoms with Crippen LogP contribution in [0.2, 0.25) is 0 Å². The molecule has 1 N–H and O–H groups in total. The summed E-state index contributed by atoms with van der Waals surface area (Å²) in [4.78, 5) is 0. The number of hydrogen-bond donors (Lipinski definition) is 1. The largest absolute Gasteiger partial charge is 0.508 e. The van der Waals surface area contributed by atoms with Gasteiger partial charge in [-0.25, -0.2) is 4.39 Å². The average Bonchev–Trinajstić information content (AvgIpc) is 2.09. The number of ether oxygens (including phenoxy) is 1. The lowest BCUT2D eigenvalue weighted by molar-refractivity contribution is 0.205. The monoisotopic (exact) mass is 169 g/mol. The Morgan fingerprint density at radius 1 is 1.42 bits per heavy atom. The van der Waals surface area contributed by atoms with Gasteiger partial charge in [0.25, 0.3) is 6.10 Å². The van der Waals surface area contributed by atoms with Gasteiger partial charge in [-0.3, -0.25) is 0 Å². The number of halogens is 1. The first-order valence-corrected chi connectivity index (χ1v) is 3.57. The number of benzene rings is 1. The molecule has 1 unspecified atom stereocenters. The van der Waals surface area contributed by atoms with Crippen molar-refractivity contribution in [3.05, 3.63) is 31.2 Å². The van der Waals surface area contributed by atoms with Crippen molar-refractivity contribution in [2.45, 2.75) is 6.10 Å². The molecule has 0 aliphatic heterocycles. The molecule has 1 aromatic carbocycles. The Kier molecular flexibility index (Phi) is 2.80. The van der Waals surface area contributed by atoms with Gasteiger partial charge in [-0.05, 0) is 24.3 Å². The van der Waals surface area contributed by atoms with Crippen molar-refractivity contribution >= 4 is 0 Å². The second-order valence-electron chi connectivity index (χ2n) is 2.39. The lowest BCUT2D eigenvalue weighted by Crippen LogP contribution is -2.13. The molecule has 0 amide bonds. The summed E-state index contributed by atoms with van der Waals surface area (Å²) >= 11 is 0. The van der Waals surface area contributed by atoms with Gasteiger partial charge < -0.3 is 9.84 Å². The molecule has 0 aliphatic rings. The van der Waals surface area contributed by atoms with Crippen molar-refractivity contribution in [2.75, 3.05) is 6.67 Å². The van der Waals surface area contributed by atoms with Crippen molar-refractivity contribution in [1.29, 1.82) is 0 Å². The van der Waals surface area contributed by atoms with Gasteiger partial charge in [0.2, 0.25) is 0 Å². The lowest BCUT2D eigenvalue weighted by atomic mass is 10.3. The number of hydrogen-bond acceptors (Lipinski definition) is 2. The molecule has 0 heterocycles. The van der Waals surface area contributed by atoms with Gasteiger partial charge in [0.15, 0.2) is 6.67 Å². The van der Waals surface area contributed by atoms with E-state index >= 15 is 0 Å². The zero-order chi connectivity index (χ0) is 8.97. The van der Waals surface area contributed by atoms with Crippen LogP contribution in [-0.4, -0.2) is 17.9 Å². The van der Waals surface area contributed by atoms with E-state index in [0.717, 1.165) is 0 Å². The molecular formula is C9H10FO2+. The minimum Gasteiger partial charge on any atom is -0.508 e. The zero-order valence-electron chi connectivity index (χ0n) is 6.53. The minimum absolute atomic E-state index is 0.156. The number of rotatable bonds is 3. The Morgan fingerprint density at radius 2 is 2.00 bits per heavy atom. The third-order valence-corrected chi connectivity index (χ3v) is 1.31. The first kappa shape index (κ1) is 8.71. The predicted octanol–water partition coefficient (Wildman–Crippen LogP) is 1.94. The van der Waals surface area contributed by atoms with Gasteiger partial charge >= 0.3 is 0 Å². The fraction of sp³-hybridized carbons (Fsp3) is 0.222. The molecule has 64 valence electrons. The highest BCUT2D eigenvalue weighted by Crippen LogP contribution is 2.16. The van der Waals surface area contributed by atoms with Crippen LogP contribution >= 0.6 is 0 Å². The van der Waals surface area contributed by atoms with Crippen LogP contribution < -0.4 is 4.74 Å². The Bertz CT molecular complexity index is 233. The summed E-state index contributed by atoms with van der Waals surface area (Å²) in [5, 5.41) is 8.90. The van der Waals surface area contributed by atoms with Crippen LogP contribution in [0.3, 0.4) is 0 Å². The maximum Gasteiger partial charge on any atom is 0.261 e. The molecule has 0 saturated carbocycles. The second kappa shape index (κ2) is 3.85. The molecule has 1 atom stereocenters. The molecule has 0 spiro atoms. The van der Waals surface area contributed by atoms with E-state index in [9.17, 15) is 4.39 Å². The average molecular weight is 169 g/mol. The summed E-state index contributed by atoms with van der Waals surface area (Å²) in [5.74, 6) is 0.661. The van der Waals surface area contributed by atoms with E-state index in [1.54, 1.807) is 12.1 Å². The summed E-state index contributed by atoms with van der Waals surface area (Å²) in [6.45, 7) is 2.79. The predicted molar refractivity (Wildman–Crippen MR) is 43.9 cm³/mol. The Balaban J connectivity index is 2.58. The number of phenolic OH excluding ortho intramolecular Hbond substituents is 1. The smallest absolute Gasteiger partial charge is 0.261 e. The van der Waals surface area contributed by atoms with Crippen LogP contribution in [0, 0.1) is 6.92 Å². The van der Waals surface area contributed by atoms with Crippen LogP contribution in [-0.2, 0) is 0 Å². The summed E-state index contributed by atoms with van der Waals surface area (Å²) in [5.41, 5.74) is 0. The van der Waals surface area contributed by atoms with Gasteiger partial charge in [-0.15, -0.1) is 0 Å². The first-order valence-electron chi connectivity index (χ1n) is 3.57. The summed E-state index contributed by atoms with van der Waals surface area (Å²) in [7, 11) is 0.